The first-order valence-electron chi connectivity index (χ1n) is 7.36. The van der Waals surface area contributed by atoms with Gasteiger partial charge in [-0.05, 0) is 30.7 Å². The molecule has 4 heteroatoms. The van der Waals surface area contributed by atoms with E-state index in [0.717, 1.165) is 35.0 Å². The lowest BCUT2D eigenvalue weighted by Crippen LogP contribution is -1.96. The van der Waals surface area contributed by atoms with Crippen LogP contribution < -0.4 is 0 Å². The standard InChI is InChI=1S/C18H16ClN3/c1-2-3-4-5-6-14-12-21-22(13-14)18-9-10-20-17-11-15(19)7-8-16(17)18/h7-13H,2-4H2,1H3. The van der Waals surface area contributed by atoms with Gasteiger partial charge >= 0.3 is 0 Å². The number of aromatic nitrogens is 3. The van der Waals surface area contributed by atoms with Crippen molar-refractivity contribution in [1.82, 2.24) is 14.8 Å². The third-order valence-corrected chi connectivity index (χ3v) is 3.63. The number of benzene rings is 1. The Hall–Kier alpha value is -2.31. The summed E-state index contributed by atoms with van der Waals surface area (Å²) >= 11 is 6.02. The van der Waals surface area contributed by atoms with E-state index in [9.17, 15) is 0 Å². The molecule has 1 aromatic carbocycles. The van der Waals surface area contributed by atoms with Gasteiger partial charge in [-0.15, -0.1) is 0 Å². The van der Waals surface area contributed by atoms with E-state index in [4.69, 9.17) is 11.6 Å². The smallest absolute Gasteiger partial charge is 0.0755 e. The molecule has 2 heterocycles. The molecule has 0 saturated heterocycles. The fourth-order valence-corrected chi connectivity index (χ4v) is 2.42. The monoisotopic (exact) mass is 309 g/mol. The van der Waals surface area contributed by atoms with Crippen molar-refractivity contribution < 1.29 is 0 Å². The molecule has 0 aliphatic heterocycles. The molecule has 3 aromatic rings. The number of pyridine rings is 1. The molecule has 0 radical (unpaired) electrons. The molecule has 3 nitrogen and oxygen atoms in total. The van der Waals surface area contributed by atoms with Crippen molar-refractivity contribution in [3.05, 3.63) is 53.4 Å². The van der Waals surface area contributed by atoms with E-state index in [2.05, 4.69) is 28.8 Å². The maximum absolute atomic E-state index is 6.02. The molecular weight excluding hydrogens is 294 g/mol. The Labute approximate surface area is 134 Å². The fourth-order valence-electron chi connectivity index (χ4n) is 2.25. The van der Waals surface area contributed by atoms with E-state index in [1.807, 2.05) is 35.1 Å². The first-order valence-corrected chi connectivity index (χ1v) is 7.74. The highest BCUT2D eigenvalue weighted by molar-refractivity contribution is 6.31. The lowest BCUT2D eigenvalue weighted by molar-refractivity contribution is 0.828. The normalized spacial score (nSPS) is 10.5. The molecule has 0 aliphatic rings. The maximum Gasteiger partial charge on any atom is 0.0755 e. The van der Waals surface area contributed by atoms with Gasteiger partial charge < -0.3 is 0 Å². The second-order valence-electron chi connectivity index (χ2n) is 5.07. The molecule has 0 bridgehead atoms. The summed E-state index contributed by atoms with van der Waals surface area (Å²) in [5.41, 5.74) is 2.76. The van der Waals surface area contributed by atoms with Crippen LogP contribution in [0.15, 0.2) is 42.9 Å². The van der Waals surface area contributed by atoms with Gasteiger partial charge in [-0.1, -0.05) is 36.8 Å². The minimum Gasteiger partial charge on any atom is -0.256 e. The zero-order chi connectivity index (χ0) is 15.4. The van der Waals surface area contributed by atoms with Crippen LogP contribution in [0.5, 0.6) is 0 Å². The van der Waals surface area contributed by atoms with Gasteiger partial charge in [0.05, 0.1) is 23.0 Å². The van der Waals surface area contributed by atoms with Crippen LogP contribution in [0.4, 0.5) is 0 Å². The Morgan fingerprint density at radius 2 is 2.18 bits per heavy atom. The lowest BCUT2D eigenvalue weighted by atomic mass is 10.2. The number of unbranched alkanes of at least 4 members (excludes halogenated alkanes) is 2. The summed E-state index contributed by atoms with van der Waals surface area (Å²) in [6, 6.07) is 7.63. The molecule has 0 unspecified atom stereocenters. The van der Waals surface area contributed by atoms with Gasteiger partial charge in [0.2, 0.25) is 0 Å². The van der Waals surface area contributed by atoms with Crippen LogP contribution in [-0.2, 0) is 0 Å². The van der Waals surface area contributed by atoms with Crippen molar-refractivity contribution in [2.24, 2.45) is 0 Å². The Morgan fingerprint density at radius 3 is 3.05 bits per heavy atom. The number of nitrogens with zero attached hydrogens (tertiary/aromatic N) is 3. The van der Waals surface area contributed by atoms with Crippen LogP contribution in [0.3, 0.4) is 0 Å². The molecule has 2 aromatic heterocycles. The van der Waals surface area contributed by atoms with Crippen LogP contribution in [-0.4, -0.2) is 14.8 Å². The zero-order valence-electron chi connectivity index (χ0n) is 12.4. The van der Waals surface area contributed by atoms with Crippen molar-refractivity contribution in [3.8, 4) is 17.5 Å². The molecule has 0 amide bonds. The van der Waals surface area contributed by atoms with Crippen molar-refractivity contribution in [1.29, 1.82) is 0 Å². The largest absolute Gasteiger partial charge is 0.256 e. The van der Waals surface area contributed by atoms with Gasteiger partial charge in [0.15, 0.2) is 0 Å². The van der Waals surface area contributed by atoms with E-state index in [0.29, 0.717) is 5.02 Å². The van der Waals surface area contributed by atoms with Gasteiger partial charge in [-0.2, -0.15) is 5.10 Å². The van der Waals surface area contributed by atoms with Crippen molar-refractivity contribution in [3.63, 3.8) is 0 Å². The molecule has 0 saturated carbocycles. The maximum atomic E-state index is 6.02. The average Bonchev–Trinajstić information content (AvgIpc) is 2.99. The lowest BCUT2D eigenvalue weighted by Gasteiger charge is -2.05. The topological polar surface area (TPSA) is 30.7 Å². The molecule has 0 spiro atoms. The van der Waals surface area contributed by atoms with Gasteiger partial charge in [-0.25, -0.2) is 4.68 Å². The second kappa shape index (κ2) is 6.64. The number of fused-ring (bicyclic) bond motifs is 1. The first-order chi connectivity index (χ1) is 10.8. The number of halogens is 1. The molecule has 0 fully saturated rings. The second-order valence-corrected chi connectivity index (χ2v) is 5.51. The van der Waals surface area contributed by atoms with Crippen LogP contribution in [0.2, 0.25) is 5.02 Å². The van der Waals surface area contributed by atoms with Crippen LogP contribution in [0.1, 0.15) is 31.7 Å². The number of hydrogen-bond donors (Lipinski definition) is 0. The summed E-state index contributed by atoms with van der Waals surface area (Å²) in [5.74, 6) is 6.34. The quantitative estimate of drug-likeness (QED) is 0.522. The molecular formula is C18H16ClN3. The minimum atomic E-state index is 0.681. The summed E-state index contributed by atoms with van der Waals surface area (Å²) in [7, 11) is 0. The van der Waals surface area contributed by atoms with E-state index in [1.165, 1.54) is 6.42 Å². The summed E-state index contributed by atoms with van der Waals surface area (Å²) in [6.45, 7) is 2.17. The predicted molar refractivity (Wildman–Crippen MR) is 90.3 cm³/mol. The Morgan fingerprint density at radius 1 is 1.27 bits per heavy atom. The van der Waals surface area contributed by atoms with Gasteiger partial charge in [0, 0.05) is 29.2 Å². The van der Waals surface area contributed by atoms with E-state index in [-0.39, 0.29) is 0 Å². The van der Waals surface area contributed by atoms with Crippen molar-refractivity contribution in [2.75, 3.05) is 0 Å². The Bertz CT molecular complexity index is 855. The molecule has 3 rings (SSSR count). The van der Waals surface area contributed by atoms with E-state index in [1.54, 1.807) is 12.4 Å². The average molecular weight is 310 g/mol. The number of hydrogen-bond acceptors (Lipinski definition) is 2. The molecule has 22 heavy (non-hydrogen) atoms. The predicted octanol–water partition coefficient (Wildman–Crippen LogP) is 4.62. The summed E-state index contributed by atoms with van der Waals surface area (Å²) in [5, 5.41) is 6.11. The highest BCUT2D eigenvalue weighted by atomic mass is 35.5. The SMILES string of the molecule is CCCCC#Cc1cnn(-c2ccnc3cc(Cl)ccc23)c1. The molecule has 0 aliphatic carbocycles. The fraction of sp³-hybridized carbons (Fsp3) is 0.222. The summed E-state index contributed by atoms with van der Waals surface area (Å²) in [6.07, 6.45) is 8.74. The van der Waals surface area contributed by atoms with E-state index < -0.39 is 0 Å². The summed E-state index contributed by atoms with van der Waals surface area (Å²) in [4.78, 5) is 4.35. The first kappa shape index (κ1) is 14.6. The third kappa shape index (κ3) is 3.13. The Kier molecular flexibility index (Phi) is 4.41. The minimum absolute atomic E-state index is 0.681. The van der Waals surface area contributed by atoms with Gasteiger partial charge in [0.25, 0.3) is 0 Å². The van der Waals surface area contributed by atoms with Crippen LogP contribution in [0.25, 0.3) is 16.6 Å². The molecule has 110 valence electrons. The Balaban J connectivity index is 1.94. The van der Waals surface area contributed by atoms with Crippen molar-refractivity contribution >= 4 is 22.5 Å². The van der Waals surface area contributed by atoms with Gasteiger partial charge in [-0.3, -0.25) is 4.98 Å². The summed E-state index contributed by atoms with van der Waals surface area (Å²) < 4.78 is 1.84. The zero-order valence-corrected chi connectivity index (χ0v) is 13.1. The number of rotatable bonds is 3. The van der Waals surface area contributed by atoms with E-state index >= 15 is 0 Å². The molecule has 0 atom stereocenters. The van der Waals surface area contributed by atoms with Crippen LogP contribution in [0, 0.1) is 11.8 Å². The highest BCUT2D eigenvalue weighted by Crippen LogP contribution is 2.23. The third-order valence-electron chi connectivity index (χ3n) is 3.40. The molecule has 0 N–H and O–H groups in total. The van der Waals surface area contributed by atoms with Crippen molar-refractivity contribution in [2.45, 2.75) is 26.2 Å². The highest BCUT2D eigenvalue weighted by Gasteiger charge is 2.06. The van der Waals surface area contributed by atoms with Gasteiger partial charge in [0.1, 0.15) is 0 Å². The van der Waals surface area contributed by atoms with Crippen LogP contribution >= 0.6 is 11.6 Å².